The number of hydrogen-bond donors (Lipinski definition) is 0. The van der Waals surface area contributed by atoms with E-state index in [2.05, 4.69) is 4.74 Å². The number of hydrogen-bond acceptors (Lipinski definition) is 7. The molecule has 0 unspecified atom stereocenters. The quantitative estimate of drug-likeness (QED) is 0.373. The first-order chi connectivity index (χ1) is 14.1. The number of carbonyl (C=O) groups excluding carboxylic acids is 3. The number of esters is 1. The predicted molar refractivity (Wildman–Crippen MR) is 109 cm³/mol. The second-order valence-corrected chi connectivity index (χ2v) is 6.88. The van der Waals surface area contributed by atoms with Crippen LogP contribution in [-0.4, -0.2) is 48.9 Å². The van der Waals surface area contributed by atoms with Gasteiger partial charge in [0, 0.05) is 5.56 Å². The van der Waals surface area contributed by atoms with Gasteiger partial charge in [-0.05, 0) is 36.0 Å². The van der Waals surface area contributed by atoms with Gasteiger partial charge in [-0.15, -0.1) is 0 Å². The lowest BCUT2D eigenvalue weighted by Crippen LogP contribution is -2.34. The summed E-state index contributed by atoms with van der Waals surface area (Å²) in [5, 5.41) is -0.513. The molecule has 0 atom stereocenters. The summed E-state index contributed by atoms with van der Waals surface area (Å²) in [6.07, 6.45) is 1.58. The molecule has 2 aromatic rings. The number of ether oxygens (including phenoxy) is 3. The van der Waals surface area contributed by atoms with Crippen LogP contribution in [0.3, 0.4) is 0 Å². The zero-order valence-electron chi connectivity index (χ0n) is 15.7. The highest BCUT2D eigenvalue weighted by Gasteiger charge is 2.36. The minimum Gasteiger partial charge on any atom is -0.490 e. The fourth-order valence-electron chi connectivity index (χ4n) is 2.53. The maximum Gasteiger partial charge on any atom is 0.325 e. The summed E-state index contributed by atoms with van der Waals surface area (Å²) in [7, 11) is 1.20. The van der Waals surface area contributed by atoms with Crippen molar-refractivity contribution in [2.45, 2.75) is 0 Å². The van der Waals surface area contributed by atoms with E-state index < -0.39 is 23.7 Å². The van der Waals surface area contributed by atoms with E-state index in [1.165, 1.54) is 7.11 Å². The molecule has 0 bridgehead atoms. The summed E-state index contributed by atoms with van der Waals surface area (Å²) in [5.41, 5.74) is 0.649. The Morgan fingerprint density at radius 2 is 1.69 bits per heavy atom. The normalized spacial score (nSPS) is 14.9. The lowest BCUT2D eigenvalue weighted by Gasteiger charge is -2.11. The van der Waals surface area contributed by atoms with Gasteiger partial charge in [-0.2, -0.15) is 0 Å². The summed E-state index contributed by atoms with van der Waals surface area (Å²) < 4.78 is 15.9. The van der Waals surface area contributed by atoms with Crippen LogP contribution in [-0.2, 0) is 14.3 Å². The number of amides is 2. The number of benzene rings is 2. The Balaban J connectivity index is 1.64. The van der Waals surface area contributed by atoms with Crippen molar-refractivity contribution in [1.29, 1.82) is 0 Å². The molecule has 1 aliphatic rings. The molecule has 1 fully saturated rings. The van der Waals surface area contributed by atoms with E-state index in [1.54, 1.807) is 24.3 Å². The van der Waals surface area contributed by atoms with Crippen LogP contribution in [0, 0.1) is 0 Å². The topological polar surface area (TPSA) is 82.1 Å². The molecule has 2 amide bonds. The van der Waals surface area contributed by atoms with Gasteiger partial charge in [-0.1, -0.05) is 36.4 Å². The zero-order valence-corrected chi connectivity index (χ0v) is 16.5. The Kier molecular flexibility index (Phi) is 6.91. The van der Waals surface area contributed by atoms with E-state index >= 15 is 0 Å². The molecule has 8 heteroatoms. The number of para-hydroxylation sites is 2. The van der Waals surface area contributed by atoms with Gasteiger partial charge in [0.05, 0.1) is 12.0 Å². The van der Waals surface area contributed by atoms with Crippen LogP contribution >= 0.6 is 11.8 Å². The average Bonchev–Trinajstić information content (AvgIpc) is 3.00. The molecule has 0 saturated carbocycles. The first-order valence-electron chi connectivity index (χ1n) is 8.80. The Morgan fingerprint density at radius 1 is 1.00 bits per heavy atom. The maximum absolute atomic E-state index is 12.4. The number of thioether (sulfide) groups is 1. The molecular formula is C21H19NO6S. The zero-order chi connectivity index (χ0) is 20.6. The molecule has 7 nitrogen and oxygen atoms in total. The van der Waals surface area contributed by atoms with E-state index in [9.17, 15) is 14.4 Å². The molecular weight excluding hydrogens is 394 g/mol. The monoisotopic (exact) mass is 413 g/mol. The van der Waals surface area contributed by atoms with E-state index in [4.69, 9.17) is 9.47 Å². The van der Waals surface area contributed by atoms with Crippen molar-refractivity contribution >= 4 is 35.0 Å². The van der Waals surface area contributed by atoms with E-state index in [-0.39, 0.29) is 4.91 Å². The van der Waals surface area contributed by atoms with Gasteiger partial charge in [-0.3, -0.25) is 19.3 Å². The summed E-state index contributed by atoms with van der Waals surface area (Å²) in [6, 6.07) is 16.6. The molecule has 150 valence electrons. The number of methoxy groups -OCH3 is 1. The Bertz CT molecular complexity index is 928. The Labute approximate surface area is 172 Å². The van der Waals surface area contributed by atoms with Gasteiger partial charge in [0.25, 0.3) is 11.1 Å². The van der Waals surface area contributed by atoms with Crippen molar-refractivity contribution in [1.82, 2.24) is 4.90 Å². The largest absolute Gasteiger partial charge is 0.490 e. The van der Waals surface area contributed by atoms with Gasteiger partial charge in [0.1, 0.15) is 31.3 Å². The van der Waals surface area contributed by atoms with Crippen molar-refractivity contribution in [3.63, 3.8) is 0 Å². The fourth-order valence-corrected chi connectivity index (χ4v) is 3.36. The molecule has 1 heterocycles. The van der Waals surface area contributed by atoms with Crippen LogP contribution in [0.5, 0.6) is 11.5 Å². The average molecular weight is 413 g/mol. The molecule has 0 spiro atoms. The number of nitrogens with zero attached hydrogens (tertiary/aromatic N) is 1. The van der Waals surface area contributed by atoms with Crippen LogP contribution in [0.25, 0.3) is 6.08 Å². The van der Waals surface area contributed by atoms with Crippen LogP contribution in [0.4, 0.5) is 4.79 Å². The molecule has 29 heavy (non-hydrogen) atoms. The number of carbonyl (C=O) groups is 3. The van der Waals surface area contributed by atoms with Gasteiger partial charge < -0.3 is 14.2 Å². The molecule has 3 rings (SSSR count). The summed E-state index contributed by atoms with van der Waals surface area (Å²) in [5.74, 6) is 0.121. The van der Waals surface area contributed by atoms with E-state index in [0.717, 1.165) is 22.4 Å². The third kappa shape index (κ3) is 5.39. The second-order valence-electron chi connectivity index (χ2n) is 5.89. The molecule has 1 saturated heterocycles. The Morgan fingerprint density at radius 3 is 2.45 bits per heavy atom. The third-order valence-electron chi connectivity index (χ3n) is 3.95. The summed E-state index contributed by atoms with van der Waals surface area (Å²) >= 11 is 0.774. The molecule has 0 aromatic heterocycles. The Hall–Kier alpha value is -3.26. The van der Waals surface area contributed by atoms with Crippen LogP contribution < -0.4 is 9.47 Å². The van der Waals surface area contributed by atoms with Gasteiger partial charge in [-0.25, -0.2) is 0 Å². The molecule has 0 N–H and O–H groups in total. The summed E-state index contributed by atoms with van der Waals surface area (Å²) in [6.45, 7) is 0.255. The molecule has 2 aromatic carbocycles. The smallest absolute Gasteiger partial charge is 0.325 e. The maximum atomic E-state index is 12.4. The van der Waals surface area contributed by atoms with Gasteiger partial charge >= 0.3 is 5.97 Å². The predicted octanol–water partition coefficient (Wildman–Crippen LogP) is 3.35. The SMILES string of the molecule is COC(=O)CN1C(=O)S/C(=C/c2ccccc2OCCOc2ccccc2)C1=O. The molecule has 1 aliphatic heterocycles. The first-order valence-corrected chi connectivity index (χ1v) is 9.62. The van der Waals surface area contributed by atoms with Crippen molar-refractivity contribution in [3.8, 4) is 11.5 Å². The van der Waals surface area contributed by atoms with E-state index in [1.807, 2.05) is 36.4 Å². The van der Waals surface area contributed by atoms with Crippen LogP contribution in [0.2, 0.25) is 0 Å². The highest BCUT2D eigenvalue weighted by atomic mass is 32.2. The van der Waals surface area contributed by atoms with Crippen molar-refractivity contribution in [2.75, 3.05) is 26.9 Å². The van der Waals surface area contributed by atoms with Gasteiger partial charge in [0.15, 0.2) is 0 Å². The first kappa shape index (κ1) is 20.5. The minimum absolute atomic E-state index is 0.218. The van der Waals surface area contributed by atoms with Crippen LogP contribution in [0.15, 0.2) is 59.5 Å². The fraction of sp³-hybridized carbons (Fsp3) is 0.190. The minimum atomic E-state index is -0.657. The standard InChI is InChI=1S/C21H19NO6S/c1-26-19(23)14-22-20(24)18(29-21(22)25)13-15-7-5-6-10-17(15)28-12-11-27-16-8-3-2-4-9-16/h2-10,13H,11-12,14H2,1H3/b18-13+. The lowest BCUT2D eigenvalue weighted by atomic mass is 10.2. The van der Waals surface area contributed by atoms with Crippen molar-refractivity contribution < 1.29 is 28.6 Å². The van der Waals surface area contributed by atoms with Crippen molar-refractivity contribution in [3.05, 3.63) is 65.1 Å². The lowest BCUT2D eigenvalue weighted by molar-refractivity contribution is -0.143. The van der Waals surface area contributed by atoms with Crippen LogP contribution in [0.1, 0.15) is 5.56 Å². The van der Waals surface area contributed by atoms with E-state index in [0.29, 0.717) is 24.5 Å². The number of rotatable bonds is 8. The second kappa shape index (κ2) is 9.79. The molecule has 0 radical (unpaired) electrons. The highest BCUT2D eigenvalue weighted by molar-refractivity contribution is 8.18. The van der Waals surface area contributed by atoms with Gasteiger partial charge in [0.2, 0.25) is 0 Å². The highest BCUT2D eigenvalue weighted by Crippen LogP contribution is 2.33. The summed E-state index contributed by atoms with van der Waals surface area (Å²) in [4.78, 5) is 37.0. The third-order valence-corrected chi connectivity index (χ3v) is 4.85. The number of imide groups is 1. The molecule has 0 aliphatic carbocycles. The van der Waals surface area contributed by atoms with Crippen molar-refractivity contribution in [2.24, 2.45) is 0 Å².